The smallest absolute Gasteiger partial charge is 0.338 e. The van der Waals surface area contributed by atoms with Crippen LogP contribution in [0.25, 0.3) is 11.8 Å². The van der Waals surface area contributed by atoms with Crippen LogP contribution in [0.2, 0.25) is 0 Å². The van der Waals surface area contributed by atoms with E-state index in [1.807, 2.05) is 44.2 Å². The molecule has 34 heavy (non-hydrogen) atoms. The molecule has 0 spiro atoms. The van der Waals surface area contributed by atoms with Crippen molar-refractivity contribution in [1.82, 2.24) is 9.47 Å². The Labute approximate surface area is 211 Å². The second-order valence-corrected chi connectivity index (χ2v) is 9.15. The molecular weight excluding hydrogens is 545 g/mol. The molecule has 7 nitrogen and oxygen atoms in total. The molecule has 0 unspecified atom stereocenters. The fourth-order valence-electron chi connectivity index (χ4n) is 4.04. The molecule has 1 saturated heterocycles. The molecule has 4 amide bonds. The van der Waals surface area contributed by atoms with Gasteiger partial charge in [-0.05, 0) is 90.5 Å². The van der Waals surface area contributed by atoms with Gasteiger partial charge >= 0.3 is 6.03 Å². The zero-order valence-electron chi connectivity index (χ0n) is 19.1. The number of benzene rings is 2. The van der Waals surface area contributed by atoms with Gasteiger partial charge in [0.05, 0.1) is 18.8 Å². The SMILES string of the molecule is COCCN1C(=O)/C(=C\c2cc(C)n(-c3ccc(I)cc3)c2C)C(=O)N(c2ccccc2)C1=O. The van der Waals surface area contributed by atoms with Gasteiger partial charge in [-0.2, -0.15) is 0 Å². The standard InChI is InChI=1S/C26H24IN3O4/c1-17-15-19(18(2)29(17)22-11-9-20(27)10-12-22)16-23-24(31)28(13-14-34-3)26(33)30(25(23)32)21-7-5-4-6-8-21/h4-12,15-16H,13-14H2,1-3H3/b23-16+. The summed E-state index contributed by atoms with van der Waals surface area (Å²) < 4.78 is 8.29. The largest absolute Gasteiger partial charge is 0.383 e. The minimum atomic E-state index is -0.681. The summed E-state index contributed by atoms with van der Waals surface area (Å²) in [6.45, 7) is 4.13. The van der Waals surface area contributed by atoms with Gasteiger partial charge in [-0.15, -0.1) is 0 Å². The molecule has 0 N–H and O–H groups in total. The van der Waals surface area contributed by atoms with Crippen molar-refractivity contribution in [2.45, 2.75) is 13.8 Å². The van der Waals surface area contributed by atoms with Gasteiger partial charge < -0.3 is 9.30 Å². The summed E-state index contributed by atoms with van der Waals surface area (Å²) >= 11 is 2.26. The zero-order chi connectivity index (χ0) is 24.4. The number of amides is 4. The average molecular weight is 569 g/mol. The molecule has 2 aromatic carbocycles. The highest BCUT2D eigenvalue weighted by Gasteiger charge is 2.42. The van der Waals surface area contributed by atoms with Crippen molar-refractivity contribution in [3.05, 3.63) is 86.8 Å². The topological polar surface area (TPSA) is 71.8 Å². The van der Waals surface area contributed by atoms with E-state index in [1.165, 1.54) is 7.11 Å². The molecule has 0 atom stereocenters. The van der Waals surface area contributed by atoms with Crippen LogP contribution in [0.1, 0.15) is 17.0 Å². The van der Waals surface area contributed by atoms with E-state index >= 15 is 0 Å². The highest BCUT2D eigenvalue weighted by atomic mass is 127. The van der Waals surface area contributed by atoms with Gasteiger partial charge in [-0.3, -0.25) is 14.5 Å². The van der Waals surface area contributed by atoms with E-state index in [-0.39, 0.29) is 18.7 Å². The van der Waals surface area contributed by atoms with Gasteiger partial charge in [0.2, 0.25) is 0 Å². The maximum atomic E-state index is 13.4. The molecule has 1 aromatic heterocycles. The van der Waals surface area contributed by atoms with Crippen LogP contribution in [0.5, 0.6) is 0 Å². The summed E-state index contributed by atoms with van der Waals surface area (Å²) in [6.07, 6.45) is 1.58. The molecule has 0 saturated carbocycles. The molecule has 4 rings (SSSR count). The van der Waals surface area contributed by atoms with Gasteiger partial charge in [0.15, 0.2) is 0 Å². The third-order valence-electron chi connectivity index (χ3n) is 5.72. The summed E-state index contributed by atoms with van der Waals surface area (Å²) in [6, 6.07) is 18.0. The van der Waals surface area contributed by atoms with E-state index < -0.39 is 17.8 Å². The summed E-state index contributed by atoms with van der Waals surface area (Å²) in [7, 11) is 1.50. The number of hydrogen-bond donors (Lipinski definition) is 0. The summed E-state index contributed by atoms with van der Waals surface area (Å²) in [5.74, 6) is -1.27. The predicted octanol–water partition coefficient (Wildman–Crippen LogP) is 4.72. The number of halogens is 1. The van der Waals surface area contributed by atoms with E-state index in [0.717, 1.165) is 36.0 Å². The first kappa shape index (κ1) is 23.9. The Morgan fingerprint density at radius 1 is 0.912 bits per heavy atom. The fourth-order valence-corrected chi connectivity index (χ4v) is 4.40. The molecule has 1 fully saturated rings. The normalized spacial score (nSPS) is 15.5. The Morgan fingerprint density at radius 2 is 1.59 bits per heavy atom. The Kier molecular flexibility index (Phi) is 6.99. The lowest BCUT2D eigenvalue weighted by atomic mass is 10.1. The molecule has 1 aliphatic rings. The van der Waals surface area contributed by atoms with Crippen molar-refractivity contribution in [2.24, 2.45) is 0 Å². The minimum absolute atomic E-state index is 0.0454. The second-order valence-electron chi connectivity index (χ2n) is 7.90. The van der Waals surface area contributed by atoms with Crippen LogP contribution in [-0.2, 0) is 14.3 Å². The first-order valence-electron chi connectivity index (χ1n) is 10.7. The highest BCUT2D eigenvalue weighted by molar-refractivity contribution is 14.1. The third kappa shape index (κ3) is 4.43. The number of barbiturate groups is 1. The quantitative estimate of drug-likeness (QED) is 0.245. The van der Waals surface area contributed by atoms with E-state index in [1.54, 1.807) is 36.4 Å². The number of aromatic nitrogens is 1. The van der Waals surface area contributed by atoms with Crippen LogP contribution >= 0.6 is 22.6 Å². The maximum Gasteiger partial charge on any atom is 0.338 e. The number of urea groups is 1. The number of methoxy groups -OCH3 is 1. The molecule has 0 bridgehead atoms. The van der Waals surface area contributed by atoms with Crippen LogP contribution in [0.4, 0.5) is 10.5 Å². The van der Waals surface area contributed by atoms with Gasteiger partial charge in [0.25, 0.3) is 11.8 Å². The number of carbonyl (C=O) groups is 3. The number of para-hydroxylation sites is 1. The van der Waals surface area contributed by atoms with Crippen molar-refractivity contribution in [3.63, 3.8) is 0 Å². The Morgan fingerprint density at radius 3 is 2.24 bits per heavy atom. The molecule has 1 aliphatic heterocycles. The van der Waals surface area contributed by atoms with Crippen LogP contribution in [0, 0.1) is 17.4 Å². The van der Waals surface area contributed by atoms with Crippen molar-refractivity contribution < 1.29 is 19.1 Å². The van der Waals surface area contributed by atoms with Gasteiger partial charge in [0.1, 0.15) is 5.57 Å². The first-order valence-corrected chi connectivity index (χ1v) is 11.8. The number of anilines is 1. The number of nitrogens with zero attached hydrogens (tertiary/aromatic N) is 3. The first-order chi connectivity index (χ1) is 16.3. The highest BCUT2D eigenvalue weighted by Crippen LogP contribution is 2.28. The summed E-state index contributed by atoms with van der Waals surface area (Å²) in [5, 5.41) is 0. The maximum absolute atomic E-state index is 13.4. The van der Waals surface area contributed by atoms with Crippen molar-refractivity contribution in [1.29, 1.82) is 0 Å². The lowest BCUT2D eigenvalue weighted by Gasteiger charge is -2.33. The lowest BCUT2D eigenvalue weighted by molar-refractivity contribution is -0.129. The van der Waals surface area contributed by atoms with Gasteiger partial charge in [0, 0.05) is 27.8 Å². The molecule has 3 aromatic rings. The van der Waals surface area contributed by atoms with Crippen LogP contribution in [-0.4, -0.2) is 47.6 Å². The van der Waals surface area contributed by atoms with E-state index in [0.29, 0.717) is 5.69 Å². The monoisotopic (exact) mass is 569 g/mol. The molecule has 8 heteroatoms. The van der Waals surface area contributed by atoms with Crippen LogP contribution < -0.4 is 4.90 Å². The Bertz CT molecular complexity index is 1280. The average Bonchev–Trinajstić information content (AvgIpc) is 3.10. The number of carbonyl (C=O) groups excluding carboxylic acids is 3. The minimum Gasteiger partial charge on any atom is -0.383 e. The molecule has 2 heterocycles. The Hall–Kier alpha value is -3.24. The second kappa shape index (κ2) is 9.94. The molecule has 0 radical (unpaired) electrons. The number of aryl methyl sites for hydroxylation is 1. The summed E-state index contributed by atoms with van der Waals surface area (Å²) in [4.78, 5) is 41.9. The molecular formula is C26H24IN3O4. The number of imide groups is 2. The predicted molar refractivity (Wildman–Crippen MR) is 139 cm³/mol. The lowest BCUT2D eigenvalue weighted by Crippen LogP contribution is -2.57. The summed E-state index contributed by atoms with van der Waals surface area (Å²) in [5.41, 5.74) is 3.92. The number of ether oxygens (including phenoxy) is 1. The molecule has 0 aliphatic carbocycles. The van der Waals surface area contributed by atoms with E-state index in [2.05, 4.69) is 27.2 Å². The van der Waals surface area contributed by atoms with Crippen molar-refractivity contribution >= 4 is 52.2 Å². The Balaban J connectivity index is 1.80. The van der Waals surface area contributed by atoms with Crippen LogP contribution in [0.3, 0.4) is 0 Å². The number of rotatable bonds is 6. The van der Waals surface area contributed by atoms with Crippen molar-refractivity contribution in [2.75, 3.05) is 25.2 Å². The van der Waals surface area contributed by atoms with E-state index in [4.69, 9.17) is 4.74 Å². The van der Waals surface area contributed by atoms with Crippen LogP contribution in [0.15, 0.2) is 66.2 Å². The van der Waals surface area contributed by atoms with Gasteiger partial charge in [-0.25, -0.2) is 9.69 Å². The van der Waals surface area contributed by atoms with Gasteiger partial charge in [-0.1, -0.05) is 18.2 Å². The fraction of sp³-hybridized carbons (Fsp3) is 0.192. The van der Waals surface area contributed by atoms with Crippen molar-refractivity contribution in [3.8, 4) is 5.69 Å². The number of hydrogen-bond acceptors (Lipinski definition) is 4. The third-order valence-corrected chi connectivity index (χ3v) is 6.44. The van der Waals surface area contributed by atoms with E-state index in [9.17, 15) is 14.4 Å². The molecule has 174 valence electrons. The zero-order valence-corrected chi connectivity index (χ0v) is 21.3.